The lowest BCUT2D eigenvalue weighted by molar-refractivity contribution is -0.140. The van der Waals surface area contributed by atoms with Crippen LogP contribution in [0.4, 0.5) is 0 Å². The number of hydrogen-bond donors (Lipinski definition) is 1. The van der Waals surface area contributed by atoms with E-state index < -0.39 is 6.04 Å². The summed E-state index contributed by atoms with van der Waals surface area (Å²) in [4.78, 5) is 27.0. The number of thioether (sulfide) groups is 1. The van der Waals surface area contributed by atoms with Gasteiger partial charge in [0.25, 0.3) is 0 Å². The van der Waals surface area contributed by atoms with Gasteiger partial charge in [0, 0.05) is 31.5 Å². The molecule has 0 bridgehead atoms. The van der Waals surface area contributed by atoms with Crippen molar-refractivity contribution >= 4 is 46.8 Å². The lowest BCUT2D eigenvalue weighted by Gasteiger charge is -2.30. The first-order chi connectivity index (χ1) is 14.0. The highest BCUT2D eigenvalue weighted by Gasteiger charge is 2.27. The minimum absolute atomic E-state index is 0.0490. The van der Waals surface area contributed by atoms with Crippen molar-refractivity contribution in [3.8, 4) is 0 Å². The van der Waals surface area contributed by atoms with Crippen molar-refractivity contribution < 1.29 is 9.59 Å². The molecular formula is C22H26Cl2N2O2S. The van der Waals surface area contributed by atoms with Gasteiger partial charge in [-0.25, -0.2) is 0 Å². The Bertz CT molecular complexity index is 818. The Morgan fingerprint density at radius 1 is 1.07 bits per heavy atom. The predicted octanol–water partition coefficient (Wildman–Crippen LogP) is 5.17. The molecule has 1 atom stereocenters. The average molecular weight is 453 g/mol. The highest BCUT2D eigenvalue weighted by Crippen LogP contribution is 2.24. The van der Waals surface area contributed by atoms with Crippen LogP contribution >= 0.6 is 35.0 Å². The van der Waals surface area contributed by atoms with Crippen LogP contribution in [0.25, 0.3) is 0 Å². The number of likely N-dealkylation sites (N-methyl/N-ethyl adjacent to an activating group) is 1. The number of carbonyl (C=O) groups excluding carboxylic acids is 2. The largest absolute Gasteiger partial charge is 0.357 e. The first-order valence-corrected chi connectivity index (χ1v) is 11.4. The Hall–Kier alpha value is -1.69. The Morgan fingerprint density at radius 2 is 1.79 bits per heavy atom. The molecule has 0 spiro atoms. The highest BCUT2D eigenvalue weighted by atomic mass is 35.5. The summed E-state index contributed by atoms with van der Waals surface area (Å²) in [5.41, 5.74) is 2.07. The molecule has 1 N–H and O–H groups in total. The summed E-state index contributed by atoms with van der Waals surface area (Å²) < 4.78 is 0. The first-order valence-electron chi connectivity index (χ1n) is 9.53. The zero-order chi connectivity index (χ0) is 21.2. The minimum atomic E-state index is -0.527. The van der Waals surface area contributed by atoms with E-state index in [-0.39, 0.29) is 11.8 Å². The van der Waals surface area contributed by atoms with Crippen LogP contribution < -0.4 is 5.32 Å². The van der Waals surface area contributed by atoms with E-state index in [1.807, 2.05) is 31.2 Å². The Morgan fingerprint density at radius 3 is 2.41 bits per heavy atom. The van der Waals surface area contributed by atoms with Crippen molar-refractivity contribution in [2.75, 3.05) is 12.8 Å². The second kappa shape index (κ2) is 12.1. The maximum Gasteiger partial charge on any atom is 0.242 e. The fraction of sp³-hybridized carbons (Fsp3) is 0.364. The summed E-state index contributed by atoms with van der Waals surface area (Å²) in [6.45, 7) is 2.21. The van der Waals surface area contributed by atoms with E-state index in [0.717, 1.165) is 11.3 Å². The second-order valence-electron chi connectivity index (χ2n) is 6.60. The summed E-state index contributed by atoms with van der Waals surface area (Å²) >= 11 is 13.8. The molecule has 2 amide bonds. The van der Waals surface area contributed by atoms with E-state index in [2.05, 4.69) is 17.4 Å². The van der Waals surface area contributed by atoms with Crippen LogP contribution in [0.3, 0.4) is 0 Å². The van der Waals surface area contributed by atoms with Gasteiger partial charge in [-0.15, -0.1) is 0 Å². The van der Waals surface area contributed by atoms with Crippen LogP contribution in [-0.2, 0) is 21.9 Å². The molecule has 0 radical (unpaired) electrons. The number of rotatable bonds is 10. The summed E-state index contributed by atoms with van der Waals surface area (Å²) in [6, 6.07) is 14.9. The van der Waals surface area contributed by atoms with Gasteiger partial charge in [0.05, 0.1) is 10.0 Å². The van der Waals surface area contributed by atoms with E-state index in [0.29, 0.717) is 35.2 Å². The van der Waals surface area contributed by atoms with Gasteiger partial charge >= 0.3 is 0 Å². The lowest BCUT2D eigenvalue weighted by Crippen LogP contribution is -2.48. The topological polar surface area (TPSA) is 49.4 Å². The smallest absolute Gasteiger partial charge is 0.242 e. The van der Waals surface area contributed by atoms with Crippen LogP contribution in [0, 0.1) is 0 Å². The van der Waals surface area contributed by atoms with Crippen molar-refractivity contribution in [2.24, 2.45) is 0 Å². The van der Waals surface area contributed by atoms with E-state index >= 15 is 0 Å². The third-order valence-electron chi connectivity index (χ3n) is 4.54. The molecule has 29 heavy (non-hydrogen) atoms. The third-order valence-corrected chi connectivity index (χ3v) is 6.31. The number of amides is 2. The quantitative estimate of drug-likeness (QED) is 0.505. The number of benzene rings is 2. The van der Waals surface area contributed by atoms with Crippen LogP contribution in [0.2, 0.25) is 10.0 Å². The SMILES string of the molecule is CC[C@H](C(=O)NC)N(Cc1ccc(Cl)c(Cl)c1)C(=O)CCSCc1ccccc1. The maximum atomic E-state index is 13.0. The number of halogens is 2. The molecule has 156 valence electrons. The summed E-state index contributed by atoms with van der Waals surface area (Å²) in [7, 11) is 1.59. The van der Waals surface area contributed by atoms with Gasteiger partial charge in [0.2, 0.25) is 11.8 Å². The fourth-order valence-corrected chi connectivity index (χ4v) is 4.20. The van der Waals surface area contributed by atoms with E-state index in [1.54, 1.807) is 35.8 Å². The summed E-state index contributed by atoms with van der Waals surface area (Å²) in [5, 5.41) is 3.56. The molecular weight excluding hydrogens is 427 g/mol. The normalized spacial score (nSPS) is 11.7. The molecule has 0 saturated heterocycles. The summed E-state index contributed by atoms with van der Waals surface area (Å²) in [6.07, 6.45) is 0.899. The van der Waals surface area contributed by atoms with Crippen LogP contribution in [-0.4, -0.2) is 35.6 Å². The third kappa shape index (κ3) is 7.25. The van der Waals surface area contributed by atoms with Gasteiger partial charge in [0.1, 0.15) is 6.04 Å². The summed E-state index contributed by atoms with van der Waals surface area (Å²) in [5.74, 6) is 1.33. The van der Waals surface area contributed by atoms with E-state index in [4.69, 9.17) is 23.2 Å². The molecule has 2 rings (SSSR count). The van der Waals surface area contributed by atoms with Gasteiger partial charge in [-0.1, -0.05) is 66.5 Å². The molecule has 7 heteroatoms. The van der Waals surface area contributed by atoms with Crippen molar-refractivity contribution in [2.45, 2.75) is 38.1 Å². The molecule has 4 nitrogen and oxygen atoms in total. The van der Waals surface area contributed by atoms with Crippen molar-refractivity contribution in [3.63, 3.8) is 0 Å². The lowest BCUT2D eigenvalue weighted by atomic mass is 10.1. The molecule has 0 aliphatic carbocycles. The first kappa shape index (κ1) is 23.6. The molecule has 2 aromatic carbocycles. The van der Waals surface area contributed by atoms with Crippen LogP contribution in [0.5, 0.6) is 0 Å². The molecule has 0 aliphatic heterocycles. The zero-order valence-corrected chi connectivity index (χ0v) is 19.0. The molecule has 0 fully saturated rings. The van der Waals surface area contributed by atoms with Crippen LogP contribution in [0.1, 0.15) is 30.9 Å². The predicted molar refractivity (Wildman–Crippen MR) is 122 cm³/mol. The number of nitrogens with one attached hydrogen (secondary N) is 1. The molecule has 0 aromatic heterocycles. The molecule has 2 aromatic rings. The van der Waals surface area contributed by atoms with Gasteiger partial charge in [-0.2, -0.15) is 11.8 Å². The molecule has 0 heterocycles. The molecule has 0 unspecified atom stereocenters. The number of nitrogens with zero attached hydrogens (tertiary/aromatic N) is 1. The van der Waals surface area contributed by atoms with Crippen molar-refractivity contribution in [1.82, 2.24) is 10.2 Å². The van der Waals surface area contributed by atoms with Gasteiger partial charge in [0.15, 0.2) is 0 Å². The fourth-order valence-electron chi connectivity index (χ4n) is 2.99. The Balaban J connectivity index is 2.05. The zero-order valence-electron chi connectivity index (χ0n) is 16.7. The van der Waals surface area contributed by atoms with Crippen LogP contribution in [0.15, 0.2) is 48.5 Å². The van der Waals surface area contributed by atoms with Gasteiger partial charge < -0.3 is 10.2 Å². The standard InChI is InChI=1S/C22H26Cl2N2O2S/c1-3-20(22(28)25-2)26(14-17-9-10-18(23)19(24)13-17)21(27)11-12-29-15-16-7-5-4-6-8-16/h4-10,13,20H,3,11-12,14-15H2,1-2H3,(H,25,28)/t20-/m1/s1. The van der Waals surface area contributed by atoms with E-state index in [1.165, 1.54) is 5.56 Å². The average Bonchev–Trinajstić information content (AvgIpc) is 2.74. The van der Waals surface area contributed by atoms with Crippen molar-refractivity contribution in [3.05, 3.63) is 69.7 Å². The second-order valence-corrected chi connectivity index (χ2v) is 8.52. The Kier molecular flexibility index (Phi) is 9.85. The molecule has 0 saturated carbocycles. The molecule has 0 aliphatic rings. The van der Waals surface area contributed by atoms with E-state index in [9.17, 15) is 9.59 Å². The van der Waals surface area contributed by atoms with Crippen molar-refractivity contribution in [1.29, 1.82) is 0 Å². The number of hydrogen-bond acceptors (Lipinski definition) is 3. The Labute approximate surface area is 187 Å². The minimum Gasteiger partial charge on any atom is -0.357 e. The van der Waals surface area contributed by atoms with Gasteiger partial charge in [-0.3, -0.25) is 9.59 Å². The highest BCUT2D eigenvalue weighted by molar-refractivity contribution is 7.98. The number of carbonyl (C=O) groups is 2. The van der Waals surface area contributed by atoms with Gasteiger partial charge in [-0.05, 0) is 29.7 Å². The monoisotopic (exact) mass is 452 g/mol. The maximum absolute atomic E-state index is 13.0.